The standard InChI is InChI=1S/C15H15BrFNO/c1-10(18)15(11-5-4-6-12(16)9-11)19-14-8-3-2-7-13(14)17/h2-10,15H,18H2,1H3. The van der Waals surface area contributed by atoms with Crippen LogP contribution in [0.5, 0.6) is 5.75 Å². The number of hydrogen-bond acceptors (Lipinski definition) is 2. The van der Waals surface area contributed by atoms with Crippen LogP contribution in [0.2, 0.25) is 0 Å². The van der Waals surface area contributed by atoms with Gasteiger partial charge in [-0.1, -0.05) is 40.2 Å². The minimum atomic E-state index is -0.394. The number of benzene rings is 2. The molecule has 2 aromatic carbocycles. The topological polar surface area (TPSA) is 35.2 Å². The molecule has 0 fully saturated rings. The summed E-state index contributed by atoms with van der Waals surface area (Å²) in [6.07, 6.45) is -0.394. The summed E-state index contributed by atoms with van der Waals surface area (Å²) in [5, 5.41) is 0. The summed E-state index contributed by atoms with van der Waals surface area (Å²) in [5.41, 5.74) is 6.86. The largest absolute Gasteiger partial charge is 0.481 e. The van der Waals surface area contributed by atoms with Gasteiger partial charge in [-0.2, -0.15) is 0 Å². The van der Waals surface area contributed by atoms with E-state index in [1.165, 1.54) is 6.07 Å². The van der Waals surface area contributed by atoms with Crippen LogP contribution in [-0.4, -0.2) is 6.04 Å². The molecule has 2 unspecified atom stereocenters. The monoisotopic (exact) mass is 323 g/mol. The first-order valence-electron chi connectivity index (χ1n) is 6.00. The van der Waals surface area contributed by atoms with E-state index >= 15 is 0 Å². The van der Waals surface area contributed by atoms with Crippen molar-refractivity contribution in [3.8, 4) is 5.75 Å². The lowest BCUT2D eigenvalue weighted by Gasteiger charge is -2.23. The molecular weight excluding hydrogens is 309 g/mol. The minimum absolute atomic E-state index is 0.213. The Morgan fingerprint density at radius 1 is 1.16 bits per heavy atom. The molecule has 0 aliphatic rings. The van der Waals surface area contributed by atoms with Crippen LogP contribution in [0.25, 0.3) is 0 Å². The maximum Gasteiger partial charge on any atom is 0.165 e. The highest BCUT2D eigenvalue weighted by Gasteiger charge is 2.19. The Morgan fingerprint density at radius 3 is 2.53 bits per heavy atom. The van der Waals surface area contributed by atoms with Gasteiger partial charge in [0.1, 0.15) is 6.10 Å². The first-order valence-corrected chi connectivity index (χ1v) is 6.79. The average Bonchev–Trinajstić information content (AvgIpc) is 2.37. The molecule has 4 heteroatoms. The number of nitrogens with two attached hydrogens (primary N) is 1. The van der Waals surface area contributed by atoms with Crippen molar-refractivity contribution >= 4 is 15.9 Å². The van der Waals surface area contributed by atoms with Gasteiger partial charge in [-0.25, -0.2) is 4.39 Å². The van der Waals surface area contributed by atoms with Crippen LogP contribution in [0.15, 0.2) is 53.0 Å². The molecule has 0 spiro atoms. The molecule has 2 N–H and O–H groups in total. The molecule has 0 radical (unpaired) electrons. The van der Waals surface area contributed by atoms with E-state index in [2.05, 4.69) is 15.9 Å². The van der Waals surface area contributed by atoms with Crippen molar-refractivity contribution in [1.82, 2.24) is 0 Å². The zero-order chi connectivity index (χ0) is 13.8. The molecule has 0 saturated heterocycles. The number of halogens is 2. The van der Waals surface area contributed by atoms with E-state index in [1.807, 2.05) is 31.2 Å². The van der Waals surface area contributed by atoms with Gasteiger partial charge in [-0.05, 0) is 36.8 Å². The second-order valence-corrected chi connectivity index (χ2v) is 5.30. The van der Waals surface area contributed by atoms with E-state index < -0.39 is 6.10 Å². The third-order valence-corrected chi connectivity index (χ3v) is 3.24. The summed E-state index contributed by atoms with van der Waals surface area (Å²) in [4.78, 5) is 0. The number of rotatable bonds is 4. The minimum Gasteiger partial charge on any atom is -0.481 e. The molecule has 0 aliphatic heterocycles. The number of hydrogen-bond donors (Lipinski definition) is 1. The fraction of sp³-hybridized carbons (Fsp3) is 0.200. The molecular formula is C15H15BrFNO. The summed E-state index contributed by atoms with van der Waals surface area (Å²) < 4.78 is 20.3. The summed E-state index contributed by atoms with van der Waals surface area (Å²) in [7, 11) is 0. The first kappa shape index (κ1) is 14.0. The van der Waals surface area contributed by atoms with E-state index in [1.54, 1.807) is 18.2 Å². The van der Waals surface area contributed by atoms with Gasteiger partial charge < -0.3 is 10.5 Å². The van der Waals surface area contributed by atoms with E-state index in [0.717, 1.165) is 10.0 Å². The van der Waals surface area contributed by atoms with Crippen LogP contribution in [0.4, 0.5) is 4.39 Å². The van der Waals surface area contributed by atoms with Crippen LogP contribution in [-0.2, 0) is 0 Å². The highest BCUT2D eigenvalue weighted by atomic mass is 79.9. The lowest BCUT2D eigenvalue weighted by atomic mass is 10.0. The fourth-order valence-corrected chi connectivity index (χ4v) is 2.26. The molecule has 0 amide bonds. The SMILES string of the molecule is CC(N)C(Oc1ccccc1F)c1cccc(Br)c1. The maximum atomic E-state index is 13.6. The third kappa shape index (κ3) is 3.55. The van der Waals surface area contributed by atoms with Gasteiger partial charge in [0.25, 0.3) is 0 Å². The highest BCUT2D eigenvalue weighted by Crippen LogP contribution is 2.27. The summed E-state index contributed by atoms with van der Waals surface area (Å²) in [6, 6.07) is 13.7. The fourth-order valence-electron chi connectivity index (χ4n) is 1.84. The molecule has 2 atom stereocenters. The normalized spacial score (nSPS) is 13.9. The van der Waals surface area contributed by atoms with Crippen LogP contribution in [0.1, 0.15) is 18.6 Å². The summed E-state index contributed by atoms with van der Waals surface area (Å²) >= 11 is 3.41. The Labute approximate surface area is 120 Å². The third-order valence-electron chi connectivity index (χ3n) is 2.75. The van der Waals surface area contributed by atoms with Gasteiger partial charge in [-0.3, -0.25) is 0 Å². The van der Waals surface area contributed by atoms with Crippen molar-refractivity contribution < 1.29 is 9.13 Å². The van der Waals surface area contributed by atoms with Crippen LogP contribution >= 0.6 is 15.9 Å². The molecule has 0 aliphatic carbocycles. The molecule has 0 heterocycles. The van der Waals surface area contributed by atoms with E-state index in [9.17, 15) is 4.39 Å². The lowest BCUT2D eigenvalue weighted by Crippen LogP contribution is -2.29. The van der Waals surface area contributed by atoms with E-state index in [0.29, 0.717) is 0 Å². The van der Waals surface area contributed by atoms with Gasteiger partial charge in [-0.15, -0.1) is 0 Å². The second kappa shape index (κ2) is 6.17. The Bertz CT molecular complexity index is 559. The zero-order valence-corrected chi connectivity index (χ0v) is 12.1. The Morgan fingerprint density at radius 2 is 1.89 bits per heavy atom. The average molecular weight is 324 g/mol. The molecule has 100 valence electrons. The van der Waals surface area contributed by atoms with Crippen molar-refractivity contribution in [2.75, 3.05) is 0 Å². The van der Waals surface area contributed by atoms with Gasteiger partial charge in [0.15, 0.2) is 11.6 Å². The predicted octanol–water partition coefficient (Wildman–Crippen LogP) is 4.06. The van der Waals surface area contributed by atoms with E-state index in [4.69, 9.17) is 10.5 Å². The van der Waals surface area contributed by atoms with Crippen molar-refractivity contribution in [1.29, 1.82) is 0 Å². The number of para-hydroxylation sites is 1. The number of ether oxygens (including phenoxy) is 1. The molecule has 2 rings (SSSR count). The van der Waals surface area contributed by atoms with Crippen molar-refractivity contribution in [3.05, 3.63) is 64.4 Å². The molecule has 2 aromatic rings. The molecule has 0 saturated carbocycles. The van der Waals surface area contributed by atoms with E-state index in [-0.39, 0.29) is 17.6 Å². The van der Waals surface area contributed by atoms with Crippen LogP contribution in [0.3, 0.4) is 0 Å². The Hall–Kier alpha value is -1.39. The van der Waals surface area contributed by atoms with Crippen molar-refractivity contribution in [2.24, 2.45) is 5.73 Å². The quantitative estimate of drug-likeness (QED) is 0.921. The van der Waals surface area contributed by atoms with Crippen LogP contribution in [0, 0.1) is 5.82 Å². The summed E-state index contributed by atoms with van der Waals surface area (Å²) in [5.74, 6) is -0.173. The summed E-state index contributed by atoms with van der Waals surface area (Å²) in [6.45, 7) is 1.84. The smallest absolute Gasteiger partial charge is 0.165 e. The highest BCUT2D eigenvalue weighted by molar-refractivity contribution is 9.10. The van der Waals surface area contributed by atoms with Crippen LogP contribution < -0.4 is 10.5 Å². The lowest BCUT2D eigenvalue weighted by molar-refractivity contribution is 0.172. The first-order chi connectivity index (χ1) is 9.08. The molecule has 19 heavy (non-hydrogen) atoms. The molecule has 2 nitrogen and oxygen atoms in total. The van der Waals surface area contributed by atoms with Gasteiger partial charge in [0.05, 0.1) is 0 Å². The second-order valence-electron chi connectivity index (χ2n) is 4.38. The van der Waals surface area contributed by atoms with Gasteiger partial charge in [0, 0.05) is 10.5 Å². The Balaban J connectivity index is 2.29. The van der Waals surface area contributed by atoms with Crippen molar-refractivity contribution in [2.45, 2.75) is 19.1 Å². The zero-order valence-electron chi connectivity index (χ0n) is 10.5. The predicted molar refractivity (Wildman–Crippen MR) is 77.6 cm³/mol. The Kier molecular flexibility index (Phi) is 4.56. The van der Waals surface area contributed by atoms with Gasteiger partial charge in [0.2, 0.25) is 0 Å². The van der Waals surface area contributed by atoms with Crippen molar-refractivity contribution in [3.63, 3.8) is 0 Å². The molecule has 0 bridgehead atoms. The van der Waals surface area contributed by atoms with Gasteiger partial charge >= 0.3 is 0 Å². The maximum absolute atomic E-state index is 13.6. The molecule has 0 aromatic heterocycles.